The first kappa shape index (κ1) is 14.4. The minimum Gasteiger partial charge on any atom is -0.370 e. The summed E-state index contributed by atoms with van der Waals surface area (Å²) in [7, 11) is 0. The lowest BCUT2D eigenvalue weighted by Gasteiger charge is -2.24. The number of carbonyl (C=O) groups excluding carboxylic acids is 2. The van der Waals surface area contributed by atoms with Crippen LogP contribution in [-0.2, 0) is 9.59 Å². The van der Waals surface area contributed by atoms with Crippen molar-refractivity contribution in [3.05, 3.63) is 0 Å². The molecule has 4 N–H and O–H groups in total. The van der Waals surface area contributed by atoms with E-state index in [0.29, 0.717) is 6.54 Å². The third kappa shape index (κ3) is 7.76. The third-order valence-electron chi connectivity index (χ3n) is 1.90. The smallest absolute Gasteiger partial charge is 0.234 e. The van der Waals surface area contributed by atoms with Gasteiger partial charge in [0.25, 0.3) is 0 Å². The van der Waals surface area contributed by atoms with Gasteiger partial charge in [0.2, 0.25) is 11.8 Å². The van der Waals surface area contributed by atoms with Crippen molar-refractivity contribution in [2.75, 3.05) is 13.1 Å². The predicted octanol–water partition coefficient (Wildman–Crippen LogP) is -0.740. The minimum absolute atomic E-state index is 0.103. The zero-order valence-electron chi connectivity index (χ0n) is 9.67. The van der Waals surface area contributed by atoms with Crippen molar-refractivity contribution in [3.8, 4) is 6.07 Å². The quantitative estimate of drug-likeness (QED) is 0.497. The molecule has 0 rings (SSSR count). The van der Waals surface area contributed by atoms with Gasteiger partial charge in [-0.2, -0.15) is 5.26 Å². The van der Waals surface area contributed by atoms with Crippen molar-refractivity contribution in [1.29, 1.82) is 5.26 Å². The van der Waals surface area contributed by atoms with Gasteiger partial charge >= 0.3 is 0 Å². The highest BCUT2D eigenvalue weighted by molar-refractivity contribution is 5.78. The molecule has 6 nitrogen and oxygen atoms in total. The molecule has 0 aliphatic carbocycles. The number of nitrogens with one attached hydrogen (secondary N) is 2. The van der Waals surface area contributed by atoms with Gasteiger partial charge in [0.1, 0.15) is 0 Å². The van der Waals surface area contributed by atoms with Crippen LogP contribution in [0.3, 0.4) is 0 Å². The number of hydrogen-bond acceptors (Lipinski definition) is 4. The van der Waals surface area contributed by atoms with Crippen LogP contribution in [0.25, 0.3) is 0 Å². The van der Waals surface area contributed by atoms with Crippen LogP contribution in [0, 0.1) is 11.3 Å². The number of amides is 2. The second kappa shape index (κ2) is 6.80. The van der Waals surface area contributed by atoms with Crippen LogP contribution in [0.5, 0.6) is 0 Å². The molecule has 6 heteroatoms. The van der Waals surface area contributed by atoms with Crippen molar-refractivity contribution >= 4 is 11.8 Å². The molecule has 0 saturated heterocycles. The summed E-state index contributed by atoms with van der Waals surface area (Å²) in [5, 5.41) is 13.8. The molecule has 0 radical (unpaired) electrons. The van der Waals surface area contributed by atoms with Crippen molar-refractivity contribution < 1.29 is 9.59 Å². The van der Waals surface area contributed by atoms with Crippen molar-refractivity contribution in [3.63, 3.8) is 0 Å². The van der Waals surface area contributed by atoms with Crippen molar-refractivity contribution in [1.82, 2.24) is 10.6 Å². The average molecular weight is 226 g/mol. The van der Waals surface area contributed by atoms with Gasteiger partial charge in [-0.05, 0) is 13.8 Å². The molecule has 0 aromatic carbocycles. The average Bonchev–Trinajstić information content (AvgIpc) is 2.13. The van der Waals surface area contributed by atoms with E-state index in [1.165, 1.54) is 0 Å². The molecule has 0 bridgehead atoms. The number of nitriles is 1. The summed E-state index contributed by atoms with van der Waals surface area (Å²) >= 11 is 0. The summed E-state index contributed by atoms with van der Waals surface area (Å²) in [6, 6.07) is 1.93. The number of primary amides is 1. The molecule has 0 spiro atoms. The van der Waals surface area contributed by atoms with Gasteiger partial charge in [0.05, 0.1) is 19.0 Å². The molecular weight excluding hydrogens is 208 g/mol. The Hall–Kier alpha value is -1.61. The molecule has 0 unspecified atom stereocenters. The van der Waals surface area contributed by atoms with E-state index in [0.717, 1.165) is 0 Å². The molecule has 0 aliphatic heterocycles. The maximum atomic E-state index is 11.3. The maximum absolute atomic E-state index is 11.3. The maximum Gasteiger partial charge on any atom is 0.234 e. The van der Waals surface area contributed by atoms with Crippen LogP contribution in [0.2, 0.25) is 0 Å². The summed E-state index contributed by atoms with van der Waals surface area (Å²) in [4.78, 5) is 22.0. The lowest BCUT2D eigenvalue weighted by molar-refractivity contribution is -0.122. The minimum atomic E-state index is -0.502. The lowest BCUT2D eigenvalue weighted by atomic mass is 10.0. The molecule has 0 aromatic heterocycles. The Balaban J connectivity index is 3.82. The highest BCUT2D eigenvalue weighted by atomic mass is 16.2. The van der Waals surface area contributed by atoms with E-state index < -0.39 is 11.4 Å². The van der Waals surface area contributed by atoms with Gasteiger partial charge in [0, 0.05) is 18.5 Å². The van der Waals surface area contributed by atoms with E-state index in [4.69, 9.17) is 11.0 Å². The highest BCUT2D eigenvalue weighted by Gasteiger charge is 2.20. The summed E-state index contributed by atoms with van der Waals surface area (Å²) in [5.41, 5.74) is 4.57. The molecule has 2 amide bonds. The van der Waals surface area contributed by atoms with Gasteiger partial charge in [-0.15, -0.1) is 0 Å². The van der Waals surface area contributed by atoms with E-state index in [1.807, 2.05) is 6.07 Å². The highest BCUT2D eigenvalue weighted by Crippen LogP contribution is 2.06. The first-order valence-electron chi connectivity index (χ1n) is 5.04. The predicted molar refractivity (Wildman–Crippen MR) is 59.1 cm³/mol. The topological polar surface area (TPSA) is 108 Å². The van der Waals surface area contributed by atoms with Crippen LogP contribution < -0.4 is 16.4 Å². The van der Waals surface area contributed by atoms with Crippen molar-refractivity contribution in [2.24, 2.45) is 5.73 Å². The fraction of sp³-hybridized carbons (Fsp3) is 0.700. The van der Waals surface area contributed by atoms with Gasteiger partial charge in [-0.25, -0.2) is 0 Å². The van der Waals surface area contributed by atoms with Crippen LogP contribution in [0.1, 0.15) is 26.7 Å². The normalized spacial score (nSPS) is 10.6. The molecule has 0 heterocycles. The van der Waals surface area contributed by atoms with E-state index in [9.17, 15) is 9.59 Å². The standard InChI is InChI=1S/C10H18N4O2/c1-10(2,6-8(12)15)14-7-9(16)13-5-3-4-11/h14H,3,5-7H2,1-2H3,(H2,12,15)(H,13,16). The second-order valence-electron chi connectivity index (χ2n) is 4.14. The Morgan fingerprint density at radius 2 is 2.06 bits per heavy atom. The number of hydrogen-bond donors (Lipinski definition) is 3. The summed E-state index contributed by atoms with van der Waals surface area (Å²) in [6.07, 6.45) is 0.453. The second-order valence-corrected chi connectivity index (χ2v) is 4.14. The number of nitrogens with two attached hydrogens (primary N) is 1. The Kier molecular flexibility index (Phi) is 6.11. The molecule has 16 heavy (non-hydrogen) atoms. The summed E-state index contributed by atoms with van der Waals surface area (Å²) in [6.45, 7) is 4.03. The first-order chi connectivity index (χ1) is 7.37. The Bertz CT molecular complexity index is 294. The van der Waals surface area contributed by atoms with E-state index in [2.05, 4.69) is 10.6 Å². The van der Waals surface area contributed by atoms with E-state index in [1.54, 1.807) is 13.8 Å². The van der Waals surface area contributed by atoms with Gasteiger partial charge in [0.15, 0.2) is 0 Å². The Labute approximate surface area is 95.2 Å². The zero-order valence-corrected chi connectivity index (χ0v) is 9.67. The van der Waals surface area contributed by atoms with Crippen LogP contribution >= 0.6 is 0 Å². The monoisotopic (exact) mass is 226 g/mol. The van der Waals surface area contributed by atoms with E-state index in [-0.39, 0.29) is 25.3 Å². The van der Waals surface area contributed by atoms with Crippen LogP contribution in [0.15, 0.2) is 0 Å². The fourth-order valence-corrected chi connectivity index (χ4v) is 1.14. The van der Waals surface area contributed by atoms with E-state index >= 15 is 0 Å². The molecule has 0 aliphatic rings. The summed E-state index contributed by atoms with van der Waals surface area (Å²) < 4.78 is 0. The Morgan fingerprint density at radius 1 is 1.44 bits per heavy atom. The number of carbonyl (C=O) groups is 2. The van der Waals surface area contributed by atoms with Crippen molar-refractivity contribution in [2.45, 2.75) is 32.2 Å². The zero-order chi connectivity index (χ0) is 12.6. The first-order valence-corrected chi connectivity index (χ1v) is 5.04. The van der Waals surface area contributed by atoms with Crippen LogP contribution in [0.4, 0.5) is 0 Å². The van der Waals surface area contributed by atoms with Gasteiger partial charge in [-0.3, -0.25) is 9.59 Å². The molecule has 0 saturated carbocycles. The fourth-order valence-electron chi connectivity index (χ4n) is 1.14. The van der Waals surface area contributed by atoms with Gasteiger partial charge < -0.3 is 16.4 Å². The SMILES string of the molecule is CC(C)(CC(N)=O)NCC(=O)NCCC#N. The third-order valence-corrected chi connectivity index (χ3v) is 1.90. The molecule has 0 aromatic rings. The molecule has 0 atom stereocenters. The molecule has 90 valence electrons. The van der Waals surface area contributed by atoms with Crippen LogP contribution in [-0.4, -0.2) is 30.4 Å². The van der Waals surface area contributed by atoms with Gasteiger partial charge in [-0.1, -0.05) is 0 Å². The largest absolute Gasteiger partial charge is 0.370 e. The molecular formula is C10H18N4O2. The Morgan fingerprint density at radius 3 is 2.56 bits per heavy atom. The number of nitrogens with zero attached hydrogens (tertiary/aromatic N) is 1. The number of rotatable bonds is 7. The summed E-state index contributed by atoms with van der Waals surface area (Å²) in [5.74, 6) is -0.616. The molecule has 0 fully saturated rings. The lowest BCUT2D eigenvalue weighted by Crippen LogP contribution is -2.47.